The maximum Gasteiger partial charge on any atom is 0.0583 e. The second kappa shape index (κ2) is 6.97. The molecular formula is C17H25NOS. The molecule has 0 spiro atoms. The second-order valence-corrected chi connectivity index (χ2v) is 7.24. The van der Waals surface area contributed by atoms with Crippen molar-refractivity contribution in [3.05, 3.63) is 30.3 Å². The molecule has 3 rings (SSSR count). The summed E-state index contributed by atoms with van der Waals surface area (Å²) in [6.45, 7) is 2.39. The number of benzene rings is 1. The summed E-state index contributed by atoms with van der Waals surface area (Å²) in [6.07, 6.45) is 6.03. The molecule has 1 heterocycles. The first-order chi connectivity index (χ1) is 9.84. The van der Waals surface area contributed by atoms with E-state index in [0.717, 1.165) is 18.7 Å². The van der Waals surface area contributed by atoms with Crippen LogP contribution in [0.5, 0.6) is 0 Å². The Morgan fingerprint density at radius 2 is 1.95 bits per heavy atom. The Bertz CT molecular complexity index is 411. The highest BCUT2D eigenvalue weighted by Gasteiger charge is 2.37. The molecule has 20 heavy (non-hydrogen) atoms. The molecule has 0 bridgehead atoms. The minimum Gasteiger partial charge on any atom is -0.393 e. The number of likely N-dealkylation sites (tertiary alicyclic amines) is 1. The molecule has 110 valence electrons. The van der Waals surface area contributed by atoms with E-state index in [0.29, 0.717) is 12.0 Å². The maximum atomic E-state index is 10.1. The van der Waals surface area contributed by atoms with Crippen molar-refractivity contribution in [3.8, 4) is 0 Å². The monoisotopic (exact) mass is 291 g/mol. The first-order valence-corrected chi connectivity index (χ1v) is 8.93. The van der Waals surface area contributed by atoms with E-state index in [2.05, 4.69) is 35.2 Å². The Hall–Kier alpha value is -0.510. The lowest BCUT2D eigenvalue weighted by Crippen LogP contribution is -2.40. The van der Waals surface area contributed by atoms with E-state index < -0.39 is 0 Å². The number of rotatable bonds is 5. The van der Waals surface area contributed by atoms with E-state index >= 15 is 0 Å². The van der Waals surface area contributed by atoms with E-state index in [9.17, 15) is 5.11 Å². The van der Waals surface area contributed by atoms with Gasteiger partial charge in [-0.05, 0) is 44.4 Å². The lowest BCUT2D eigenvalue weighted by molar-refractivity contribution is 0.0771. The quantitative estimate of drug-likeness (QED) is 0.841. The zero-order chi connectivity index (χ0) is 13.8. The third kappa shape index (κ3) is 3.38. The molecule has 2 nitrogen and oxygen atoms in total. The van der Waals surface area contributed by atoms with Crippen LogP contribution in [0.2, 0.25) is 0 Å². The van der Waals surface area contributed by atoms with Gasteiger partial charge in [-0.3, -0.25) is 4.90 Å². The molecule has 1 aromatic rings. The fourth-order valence-electron chi connectivity index (χ4n) is 3.83. The molecule has 3 atom stereocenters. The van der Waals surface area contributed by atoms with Crippen LogP contribution in [0, 0.1) is 5.92 Å². The highest BCUT2D eigenvalue weighted by Crippen LogP contribution is 2.35. The van der Waals surface area contributed by atoms with Gasteiger partial charge in [-0.15, -0.1) is 11.8 Å². The highest BCUT2D eigenvalue weighted by atomic mass is 32.2. The van der Waals surface area contributed by atoms with Gasteiger partial charge in [0.25, 0.3) is 0 Å². The Morgan fingerprint density at radius 3 is 2.70 bits per heavy atom. The fraction of sp³-hybridized carbons (Fsp3) is 0.647. The first kappa shape index (κ1) is 14.4. The van der Waals surface area contributed by atoms with Gasteiger partial charge < -0.3 is 5.11 Å². The van der Waals surface area contributed by atoms with Crippen molar-refractivity contribution >= 4 is 11.8 Å². The van der Waals surface area contributed by atoms with E-state index in [1.54, 1.807) is 0 Å². The average Bonchev–Trinajstić information content (AvgIpc) is 3.08. The van der Waals surface area contributed by atoms with Crippen molar-refractivity contribution in [1.29, 1.82) is 0 Å². The summed E-state index contributed by atoms with van der Waals surface area (Å²) in [5.41, 5.74) is 0. The van der Waals surface area contributed by atoms with Gasteiger partial charge >= 0.3 is 0 Å². The third-order valence-corrected chi connectivity index (χ3v) is 5.82. The minimum absolute atomic E-state index is 0.0395. The van der Waals surface area contributed by atoms with Crippen LogP contribution in [0.3, 0.4) is 0 Å². The summed E-state index contributed by atoms with van der Waals surface area (Å²) in [5.74, 6) is 1.70. The summed E-state index contributed by atoms with van der Waals surface area (Å²) in [5, 5.41) is 10.1. The Kier molecular flexibility index (Phi) is 5.03. The maximum absolute atomic E-state index is 10.1. The molecule has 1 N–H and O–H groups in total. The van der Waals surface area contributed by atoms with Crippen molar-refractivity contribution in [2.45, 2.75) is 49.1 Å². The zero-order valence-corrected chi connectivity index (χ0v) is 12.9. The molecule has 3 heteroatoms. The van der Waals surface area contributed by atoms with Crippen LogP contribution in [0.4, 0.5) is 0 Å². The number of hydrogen-bond donors (Lipinski definition) is 1. The predicted octanol–water partition coefficient (Wildman–Crippen LogP) is 3.40. The predicted molar refractivity (Wildman–Crippen MR) is 85.1 cm³/mol. The highest BCUT2D eigenvalue weighted by molar-refractivity contribution is 7.99. The van der Waals surface area contributed by atoms with Crippen molar-refractivity contribution in [3.63, 3.8) is 0 Å². The summed E-state index contributed by atoms with van der Waals surface area (Å²) < 4.78 is 0. The van der Waals surface area contributed by atoms with Gasteiger partial charge in [-0.1, -0.05) is 24.6 Å². The normalized spacial score (nSPS) is 30.9. The van der Waals surface area contributed by atoms with Gasteiger partial charge in [0.1, 0.15) is 0 Å². The van der Waals surface area contributed by atoms with Crippen LogP contribution in [-0.4, -0.2) is 41.0 Å². The average molecular weight is 291 g/mol. The number of thioether (sulfide) groups is 1. The van der Waals surface area contributed by atoms with Crippen LogP contribution in [-0.2, 0) is 0 Å². The molecule has 0 radical (unpaired) electrons. The zero-order valence-electron chi connectivity index (χ0n) is 12.1. The van der Waals surface area contributed by atoms with E-state index in [1.807, 2.05) is 11.8 Å². The fourth-order valence-corrected chi connectivity index (χ4v) is 4.74. The number of hydrogen-bond acceptors (Lipinski definition) is 3. The third-order valence-electron chi connectivity index (χ3n) is 4.83. The number of aliphatic hydroxyl groups excluding tert-OH is 1. The van der Waals surface area contributed by atoms with Crippen LogP contribution in [0.25, 0.3) is 0 Å². The molecule has 1 aliphatic heterocycles. The first-order valence-electron chi connectivity index (χ1n) is 7.94. The summed E-state index contributed by atoms with van der Waals surface area (Å²) >= 11 is 1.95. The number of aliphatic hydroxyl groups is 1. The van der Waals surface area contributed by atoms with Gasteiger partial charge in [0.15, 0.2) is 0 Å². The van der Waals surface area contributed by atoms with Gasteiger partial charge in [0.2, 0.25) is 0 Å². The molecule has 1 saturated carbocycles. The van der Waals surface area contributed by atoms with Gasteiger partial charge in [0, 0.05) is 29.2 Å². The van der Waals surface area contributed by atoms with E-state index in [1.165, 1.54) is 37.1 Å². The van der Waals surface area contributed by atoms with Crippen LogP contribution < -0.4 is 0 Å². The topological polar surface area (TPSA) is 23.5 Å². The van der Waals surface area contributed by atoms with Crippen molar-refractivity contribution < 1.29 is 5.11 Å². The molecule has 1 aliphatic carbocycles. The van der Waals surface area contributed by atoms with Gasteiger partial charge in [-0.2, -0.15) is 0 Å². The molecule has 1 aromatic carbocycles. The molecule has 0 aromatic heterocycles. The standard InChI is InChI=1S/C17H25NOS/c19-17-10-4-8-15(17)16-9-5-11-18(16)12-13-20-14-6-2-1-3-7-14/h1-3,6-7,15-17,19H,4-5,8-13H2. The molecule has 1 saturated heterocycles. The molecule has 2 aliphatic rings. The summed E-state index contributed by atoms with van der Waals surface area (Å²) in [4.78, 5) is 4.00. The molecule has 2 fully saturated rings. The minimum atomic E-state index is -0.0395. The van der Waals surface area contributed by atoms with Crippen LogP contribution in [0.15, 0.2) is 35.2 Å². The Morgan fingerprint density at radius 1 is 1.10 bits per heavy atom. The van der Waals surface area contributed by atoms with Crippen molar-refractivity contribution in [1.82, 2.24) is 4.90 Å². The lowest BCUT2D eigenvalue weighted by atomic mass is 9.94. The van der Waals surface area contributed by atoms with Crippen molar-refractivity contribution in [2.24, 2.45) is 5.92 Å². The second-order valence-electron chi connectivity index (χ2n) is 6.07. The van der Waals surface area contributed by atoms with Crippen LogP contribution in [0.1, 0.15) is 32.1 Å². The van der Waals surface area contributed by atoms with Crippen LogP contribution >= 0.6 is 11.8 Å². The summed E-state index contributed by atoms with van der Waals surface area (Å²) in [6, 6.07) is 11.3. The largest absolute Gasteiger partial charge is 0.393 e. The van der Waals surface area contributed by atoms with Crippen molar-refractivity contribution in [2.75, 3.05) is 18.8 Å². The SMILES string of the molecule is OC1CCCC1C1CCCN1CCSc1ccccc1. The molecule has 0 amide bonds. The van der Waals surface area contributed by atoms with E-state index in [4.69, 9.17) is 0 Å². The smallest absolute Gasteiger partial charge is 0.0583 e. The lowest BCUT2D eigenvalue weighted by Gasteiger charge is -2.31. The van der Waals surface area contributed by atoms with Gasteiger partial charge in [-0.25, -0.2) is 0 Å². The Balaban J connectivity index is 1.49. The molecular weight excluding hydrogens is 266 g/mol. The van der Waals surface area contributed by atoms with Gasteiger partial charge in [0.05, 0.1) is 6.10 Å². The van der Waals surface area contributed by atoms with E-state index in [-0.39, 0.29) is 6.10 Å². The number of nitrogens with zero attached hydrogens (tertiary/aromatic N) is 1. The molecule has 3 unspecified atom stereocenters. The summed E-state index contributed by atoms with van der Waals surface area (Å²) in [7, 11) is 0. The Labute approximate surface area is 126 Å².